The number of aliphatic hydroxyl groups is 1. The molecular weight excluding hydrogens is 294 g/mol. The Morgan fingerprint density at radius 2 is 1.58 bits per heavy atom. The van der Waals surface area contributed by atoms with Gasteiger partial charge in [0.05, 0.1) is 6.54 Å². The number of likely N-dealkylation sites (tertiary alicyclic amines) is 1. The van der Waals surface area contributed by atoms with E-state index in [1.165, 1.54) is 49.3 Å². The lowest BCUT2D eigenvalue weighted by Gasteiger charge is -2.27. The maximum Gasteiger partial charge on any atom is 0.104 e. The Labute approximate surface area is 141 Å². The minimum atomic E-state index is -0.131. The molecule has 2 nitrogen and oxygen atoms in total. The summed E-state index contributed by atoms with van der Waals surface area (Å²) in [6, 6.07) is 20.1. The molecule has 24 heavy (non-hydrogen) atoms. The lowest BCUT2D eigenvalue weighted by atomic mass is 9.91. The second kappa shape index (κ2) is 5.44. The summed E-state index contributed by atoms with van der Waals surface area (Å²) in [5.41, 5.74) is 1.41. The first-order valence-corrected chi connectivity index (χ1v) is 8.96. The van der Waals surface area contributed by atoms with E-state index in [9.17, 15) is 5.11 Å². The Hall–Kier alpha value is -2.16. The van der Waals surface area contributed by atoms with Crippen LogP contribution in [0.4, 0.5) is 0 Å². The fourth-order valence-electron chi connectivity index (χ4n) is 4.50. The zero-order valence-electron chi connectivity index (χ0n) is 13.8. The zero-order valence-corrected chi connectivity index (χ0v) is 13.8. The molecule has 1 aliphatic heterocycles. The molecule has 0 amide bonds. The molecule has 2 atom stereocenters. The first kappa shape index (κ1) is 14.2. The fourth-order valence-corrected chi connectivity index (χ4v) is 4.50. The number of piperidine rings is 1. The van der Waals surface area contributed by atoms with Crippen molar-refractivity contribution in [2.24, 2.45) is 0 Å². The van der Waals surface area contributed by atoms with Crippen LogP contribution in [-0.4, -0.2) is 24.3 Å². The van der Waals surface area contributed by atoms with Crippen molar-refractivity contribution < 1.29 is 10.0 Å². The molecule has 0 bridgehead atoms. The van der Waals surface area contributed by atoms with Gasteiger partial charge in [-0.05, 0) is 45.2 Å². The average Bonchev–Trinajstić information content (AvgIpc) is 2.61. The smallest absolute Gasteiger partial charge is 0.104 e. The van der Waals surface area contributed by atoms with Crippen molar-refractivity contribution in [1.82, 2.24) is 0 Å². The van der Waals surface area contributed by atoms with Gasteiger partial charge in [-0.3, -0.25) is 0 Å². The van der Waals surface area contributed by atoms with Crippen LogP contribution in [0.25, 0.3) is 32.3 Å². The molecule has 2 N–H and O–H groups in total. The molecule has 1 unspecified atom stereocenters. The summed E-state index contributed by atoms with van der Waals surface area (Å²) < 4.78 is 0. The largest absolute Gasteiger partial charge is 0.387 e. The van der Waals surface area contributed by atoms with Gasteiger partial charge in [0.1, 0.15) is 19.2 Å². The van der Waals surface area contributed by atoms with Crippen molar-refractivity contribution in [3.05, 3.63) is 60.2 Å². The molecule has 5 rings (SSSR count). The number of benzene rings is 4. The van der Waals surface area contributed by atoms with E-state index < -0.39 is 0 Å². The zero-order chi connectivity index (χ0) is 16.1. The molecule has 0 saturated carbocycles. The Morgan fingerprint density at radius 1 is 0.875 bits per heavy atom. The highest BCUT2D eigenvalue weighted by atomic mass is 16.3. The number of hydrogen-bond donors (Lipinski definition) is 2. The third kappa shape index (κ3) is 2.18. The van der Waals surface area contributed by atoms with E-state index in [-0.39, 0.29) is 6.10 Å². The Balaban J connectivity index is 1.69. The maximum atomic E-state index is 9.97. The van der Waals surface area contributed by atoms with Crippen molar-refractivity contribution in [2.75, 3.05) is 13.1 Å². The van der Waals surface area contributed by atoms with E-state index in [1.807, 2.05) is 0 Å². The van der Waals surface area contributed by atoms with E-state index in [0.29, 0.717) is 0 Å². The highest BCUT2D eigenvalue weighted by molar-refractivity contribution is 6.23. The van der Waals surface area contributed by atoms with Crippen molar-refractivity contribution in [2.45, 2.75) is 25.5 Å². The minimum absolute atomic E-state index is 0.131. The van der Waals surface area contributed by atoms with Gasteiger partial charge in [-0.2, -0.15) is 0 Å². The monoisotopic (exact) mass is 316 g/mol. The normalized spacial score (nSPS) is 21.9. The van der Waals surface area contributed by atoms with Crippen LogP contribution in [0.15, 0.2) is 54.6 Å². The summed E-state index contributed by atoms with van der Waals surface area (Å²) in [6.45, 7) is 3.05. The molecule has 1 heterocycles. The van der Waals surface area contributed by atoms with Crippen LogP contribution < -0.4 is 4.90 Å². The first-order valence-electron chi connectivity index (χ1n) is 8.96. The predicted octanol–water partition coefficient (Wildman–Crippen LogP) is 3.12. The highest BCUT2D eigenvalue weighted by Gasteiger charge is 2.22. The molecule has 1 fully saturated rings. The summed E-state index contributed by atoms with van der Waals surface area (Å²) in [6.07, 6.45) is 1.96. The molecule has 1 aliphatic rings. The van der Waals surface area contributed by atoms with Crippen molar-refractivity contribution in [3.8, 4) is 0 Å². The molecule has 4 aromatic carbocycles. The number of hydrogen-bond acceptors (Lipinski definition) is 1. The average molecular weight is 316 g/mol. The van der Waals surface area contributed by atoms with Gasteiger partial charge in [0.25, 0.3) is 0 Å². The van der Waals surface area contributed by atoms with E-state index >= 15 is 0 Å². The Morgan fingerprint density at radius 3 is 2.38 bits per heavy atom. The van der Waals surface area contributed by atoms with Gasteiger partial charge < -0.3 is 10.0 Å². The maximum absolute atomic E-state index is 9.97. The molecule has 0 aromatic heterocycles. The van der Waals surface area contributed by atoms with Crippen molar-refractivity contribution in [3.63, 3.8) is 0 Å². The first-order chi connectivity index (χ1) is 11.8. The standard InChI is InChI=1S/C22H21NO/c24-19-5-2-12-23(14-19)13-18-9-8-17-7-6-15-3-1-4-16-10-11-20(18)22(17)21(15)16/h1,3-4,6-11,19,24H,2,5,12-14H2/p+1/t19-/m0/s1. The van der Waals surface area contributed by atoms with Crippen LogP contribution in [0.2, 0.25) is 0 Å². The van der Waals surface area contributed by atoms with Gasteiger partial charge in [0.2, 0.25) is 0 Å². The van der Waals surface area contributed by atoms with Gasteiger partial charge in [0.15, 0.2) is 0 Å². The number of nitrogens with one attached hydrogen (secondary N) is 1. The molecule has 0 spiro atoms. The van der Waals surface area contributed by atoms with Gasteiger partial charge >= 0.3 is 0 Å². The predicted molar refractivity (Wildman–Crippen MR) is 99.8 cm³/mol. The van der Waals surface area contributed by atoms with Crippen LogP contribution in [-0.2, 0) is 6.54 Å². The second-order valence-corrected chi connectivity index (χ2v) is 7.26. The highest BCUT2D eigenvalue weighted by Crippen LogP contribution is 2.35. The van der Waals surface area contributed by atoms with Crippen LogP contribution >= 0.6 is 0 Å². The topological polar surface area (TPSA) is 24.7 Å². The fraction of sp³-hybridized carbons (Fsp3) is 0.273. The van der Waals surface area contributed by atoms with Gasteiger partial charge in [-0.25, -0.2) is 0 Å². The summed E-state index contributed by atoms with van der Waals surface area (Å²) >= 11 is 0. The quantitative estimate of drug-likeness (QED) is 0.546. The number of quaternary nitrogens is 1. The van der Waals surface area contributed by atoms with Gasteiger partial charge in [0, 0.05) is 5.56 Å². The Bertz CT molecular complexity index is 1010. The number of aliphatic hydroxyl groups excluding tert-OH is 1. The van der Waals surface area contributed by atoms with Gasteiger partial charge in [-0.15, -0.1) is 0 Å². The number of rotatable bonds is 2. The Kier molecular flexibility index (Phi) is 3.22. The summed E-state index contributed by atoms with van der Waals surface area (Å²) in [5.74, 6) is 0. The summed E-state index contributed by atoms with van der Waals surface area (Å²) in [7, 11) is 0. The van der Waals surface area contributed by atoms with Crippen LogP contribution in [0, 0.1) is 0 Å². The summed E-state index contributed by atoms with van der Waals surface area (Å²) in [5, 5.41) is 18.1. The molecule has 120 valence electrons. The third-order valence-corrected chi connectivity index (χ3v) is 5.65. The van der Waals surface area contributed by atoms with E-state index in [1.54, 1.807) is 0 Å². The van der Waals surface area contributed by atoms with E-state index in [0.717, 1.165) is 25.9 Å². The third-order valence-electron chi connectivity index (χ3n) is 5.65. The minimum Gasteiger partial charge on any atom is -0.387 e. The molecule has 0 radical (unpaired) electrons. The molecule has 2 heteroatoms. The van der Waals surface area contributed by atoms with Crippen molar-refractivity contribution in [1.29, 1.82) is 0 Å². The van der Waals surface area contributed by atoms with E-state index in [2.05, 4.69) is 54.6 Å². The second-order valence-electron chi connectivity index (χ2n) is 7.26. The SMILES string of the molecule is O[C@H]1CCC[NH+](Cc2ccc3ccc4cccc5ccc2c3c45)C1. The molecular formula is C22H22NO+. The van der Waals surface area contributed by atoms with Gasteiger partial charge in [-0.1, -0.05) is 54.6 Å². The lowest BCUT2D eigenvalue weighted by Crippen LogP contribution is -3.12. The van der Waals surface area contributed by atoms with E-state index in [4.69, 9.17) is 0 Å². The van der Waals surface area contributed by atoms with Crippen LogP contribution in [0.5, 0.6) is 0 Å². The molecule has 1 saturated heterocycles. The summed E-state index contributed by atoms with van der Waals surface area (Å²) in [4.78, 5) is 1.50. The molecule has 0 aliphatic carbocycles. The molecule has 4 aromatic rings. The lowest BCUT2D eigenvalue weighted by molar-refractivity contribution is -0.921. The van der Waals surface area contributed by atoms with Crippen LogP contribution in [0.3, 0.4) is 0 Å². The van der Waals surface area contributed by atoms with Crippen LogP contribution in [0.1, 0.15) is 18.4 Å². The van der Waals surface area contributed by atoms with Crippen molar-refractivity contribution >= 4 is 32.3 Å².